The zero-order valence-electron chi connectivity index (χ0n) is 11.4. The molecule has 0 spiro atoms. The smallest absolute Gasteiger partial charge is 0.265 e. The highest BCUT2D eigenvalue weighted by Crippen LogP contribution is 2.20. The molecule has 2 rings (SSSR count). The molecule has 2 aromatic rings. The highest BCUT2D eigenvalue weighted by molar-refractivity contribution is 7.92. The topological polar surface area (TPSA) is 81.8 Å². The van der Waals surface area contributed by atoms with E-state index in [9.17, 15) is 8.42 Å². The average molecular weight is 283 g/mol. The Morgan fingerprint density at radius 2 is 2.05 bits per heavy atom. The van der Waals surface area contributed by atoms with Gasteiger partial charge in [-0.2, -0.15) is 10.2 Å². The van der Waals surface area contributed by atoms with Crippen LogP contribution in [0.25, 0.3) is 0 Å². The summed E-state index contributed by atoms with van der Waals surface area (Å²) in [6.07, 6.45) is 3.02. The molecule has 0 aliphatic heterocycles. The van der Waals surface area contributed by atoms with E-state index in [0.717, 1.165) is 0 Å². The van der Waals surface area contributed by atoms with E-state index < -0.39 is 10.0 Å². The summed E-state index contributed by atoms with van der Waals surface area (Å²) < 4.78 is 30.3. The van der Waals surface area contributed by atoms with E-state index in [-0.39, 0.29) is 4.90 Å². The molecule has 0 aliphatic carbocycles. The zero-order valence-corrected chi connectivity index (χ0v) is 12.2. The van der Waals surface area contributed by atoms with Gasteiger partial charge in [0, 0.05) is 19.8 Å². The third-order valence-electron chi connectivity index (χ3n) is 2.99. The van der Waals surface area contributed by atoms with Crippen molar-refractivity contribution >= 4 is 15.7 Å². The number of anilines is 1. The van der Waals surface area contributed by atoms with E-state index in [1.54, 1.807) is 31.8 Å². The lowest BCUT2D eigenvalue weighted by molar-refractivity contribution is 0.600. The van der Waals surface area contributed by atoms with Gasteiger partial charge in [0.2, 0.25) is 0 Å². The van der Waals surface area contributed by atoms with Crippen LogP contribution in [-0.4, -0.2) is 28.0 Å². The second kappa shape index (κ2) is 4.69. The third-order valence-corrected chi connectivity index (χ3v) is 4.46. The van der Waals surface area contributed by atoms with Crippen molar-refractivity contribution in [3.63, 3.8) is 0 Å². The van der Waals surface area contributed by atoms with E-state index in [1.807, 2.05) is 6.92 Å². The molecule has 0 saturated carbocycles. The van der Waals surface area contributed by atoms with E-state index >= 15 is 0 Å². The van der Waals surface area contributed by atoms with E-state index in [1.165, 1.54) is 10.9 Å². The molecule has 2 heterocycles. The lowest BCUT2D eigenvalue weighted by Gasteiger charge is -2.06. The number of hydrogen-bond donors (Lipinski definition) is 1. The van der Waals surface area contributed by atoms with E-state index in [0.29, 0.717) is 23.6 Å². The van der Waals surface area contributed by atoms with Crippen molar-refractivity contribution in [1.29, 1.82) is 0 Å². The van der Waals surface area contributed by atoms with Gasteiger partial charge in [0.05, 0.1) is 23.3 Å². The van der Waals surface area contributed by atoms with Crippen molar-refractivity contribution < 1.29 is 8.42 Å². The lowest BCUT2D eigenvalue weighted by Crippen LogP contribution is -2.14. The van der Waals surface area contributed by atoms with Crippen molar-refractivity contribution in [2.45, 2.75) is 32.2 Å². The van der Waals surface area contributed by atoms with E-state index in [4.69, 9.17) is 0 Å². The molecule has 8 heteroatoms. The van der Waals surface area contributed by atoms with Gasteiger partial charge in [-0.3, -0.25) is 14.1 Å². The molecular weight excluding hydrogens is 266 g/mol. The molecule has 0 unspecified atom stereocenters. The van der Waals surface area contributed by atoms with Gasteiger partial charge in [-0.05, 0) is 20.8 Å². The number of nitrogens with one attached hydrogen (secondary N) is 1. The number of hydrogen-bond acceptors (Lipinski definition) is 4. The van der Waals surface area contributed by atoms with Crippen LogP contribution in [0.2, 0.25) is 0 Å². The summed E-state index contributed by atoms with van der Waals surface area (Å²) in [4.78, 5) is 0.179. The summed E-state index contributed by atoms with van der Waals surface area (Å²) >= 11 is 0. The molecule has 104 valence electrons. The first-order valence-electron chi connectivity index (χ1n) is 5.90. The largest absolute Gasteiger partial charge is 0.276 e. The summed E-state index contributed by atoms with van der Waals surface area (Å²) in [5.74, 6) is 0. The Labute approximate surface area is 112 Å². The van der Waals surface area contributed by atoms with Crippen LogP contribution in [-0.2, 0) is 23.6 Å². The standard InChI is InChI=1S/C11H17N5O2S/c1-5-16-7-10(8(2)13-16)14-19(17,18)11-6-12-15(4)9(11)3/h6-7,14H,5H2,1-4H3. The van der Waals surface area contributed by atoms with Gasteiger partial charge in [0.15, 0.2) is 0 Å². The highest BCUT2D eigenvalue weighted by atomic mass is 32.2. The molecular formula is C11H17N5O2S. The second-order valence-electron chi connectivity index (χ2n) is 4.31. The summed E-state index contributed by atoms with van der Waals surface area (Å²) in [5.41, 5.74) is 1.73. The van der Waals surface area contributed by atoms with Crippen LogP contribution in [0.15, 0.2) is 17.3 Å². The minimum absolute atomic E-state index is 0.179. The molecule has 0 atom stereocenters. The number of sulfonamides is 1. The van der Waals surface area contributed by atoms with Crippen LogP contribution < -0.4 is 4.72 Å². The third kappa shape index (κ3) is 2.48. The van der Waals surface area contributed by atoms with Crippen LogP contribution in [0.5, 0.6) is 0 Å². The minimum Gasteiger partial charge on any atom is -0.276 e. The Kier molecular flexibility index (Phi) is 3.36. The fraction of sp³-hybridized carbons (Fsp3) is 0.455. The molecule has 0 bridgehead atoms. The molecule has 0 aliphatic rings. The Morgan fingerprint density at radius 1 is 1.37 bits per heavy atom. The van der Waals surface area contributed by atoms with Crippen molar-refractivity contribution in [3.05, 3.63) is 23.8 Å². The van der Waals surface area contributed by atoms with Crippen LogP contribution >= 0.6 is 0 Å². The molecule has 1 N–H and O–H groups in total. The van der Waals surface area contributed by atoms with Crippen LogP contribution in [0.3, 0.4) is 0 Å². The van der Waals surface area contributed by atoms with Gasteiger partial charge in [0.1, 0.15) is 4.90 Å². The Bertz CT molecular complexity index is 699. The predicted molar refractivity (Wildman–Crippen MR) is 71.4 cm³/mol. The van der Waals surface area contributed by atoms with Gasteiger partial charge in [-0.25, -0.2) is 8.42 Å². The van der Waals surface area contributed by atoms with Crippen LogP contribution in [0, 0.1) is 13.8 Å². The maximum absolute atomic E-state index is 12.3. The fourth-order valence-electron chi connectivity index (χ4n) is 1.72. The summed E-state index contributed by atoms with van der Waals surface area (Å²) in [6, 6.07) is 0. The van der Waals surface area contributed by atoms with Crippen molar-refractivity contribution in [3.8, 4) is 0 Å². The Morgan fingerprint density at radius 3 is 2.53 bits per heavy atom. The molecule has 0 aromatic carbocycles. The van der Waals surface area contributed by atoms with Crippen LogP contribution in [0.4, 0.5) is 5.69 Å². The van der Waals surface area contributed by atoms with Crippen molar-refractivity contribution in [2.75, 3.05) is 4.72 Å². The van der Waals surface area contributed by atoms with Gasteiger partial charge in [-0.1, -0.05) is 0 Å². The van der Waals surface area contributed by atoms with Crippen LogP contribution in [0.1, 0.15) is 18.3 Å². The normalized spacial score (nSPS) is 11.8. The Hall–Kier alpha value is -1.83. The molecule has 0 radical (unpaired) electrons. The molecule has 0 fully saturated rings. The lowest BCUT2D eigenvalue weighted by atomic mass is 10.4. The first-order chi connectivity index (χ1) is 8.85. The SMILES string of the molecule is CCn1cc(NS(=O)(=O)c2cnn(C)c2C)c(C)n1. The van der Waals surface area contributed by atoms with Crippen molar-refractivity contribution in [1.82, 2.24) is 19.6 Å². The number of nitrogens with zero attached hydrogens (tertiary/aromatic N) is 4. The minimum atomic E-state index is -3.63. The fourth-order valence-corrected chi connectivity index (χ4v) is 3.03. The maximum atomic E-state index is 12.3. The van der Waals surface area contributed by atoms with Gasteiger partial charge in [-0.15, -0.1) is 0 Å². The van der Waals surface area contributed by atoms with E-state index in [2.05, 4.69) is 14.9 Å². The number of rotatable bonds is 4. The molecule has 0 saturated heterocycles. The zero-order chi connectivity index (χ0) is 14.2. The number of aromatic nitrogens is 4. The quantitative estimate of drug-likeness (QED) is 0.909. The number of aryl methyl sites for hydroxylation is 3. The summed E-state index contributed by atoms with van der Waals surface area (Å²) in [5, 5.41) is 8.15. The monoisotopic (exact) mass is 283 g/mol. The molecule has 19 heavy (non-hydrogen) atoms. The first-order valence-corrected chi connectivity index (χ1v) is 7.39. The summed E-state index contributed by atoms with van der Waals surface area (Å²) in [7, 11) is -1.92. The molecule has 2 aromatic heterocycles. The summed E-state index contributed by atoms with van der Waals surface area (Å²) in [6.45, 7) is 6.11. The Balaban J connectivity index is 2.36. The average Bonchev–Trinajstić information content (AvgIpc) is 2.84. The maximum Gasteiger partial charge on any atom is 0.265 e. The van der Waals surface area contributed by atoms with Gasteiger partial charge in [0.25, 0.3) is 10.0 Å². The second-order valence-corrected chi connectivity index (χ2v) is 5.96. The molecule has 7 nitrogen and oxygen atoms in total. The first kappa shape index (κ1) is 13.6. The van der Waals surface area contributed by atoms with Gasteiger partial charge >= 0.3 is 0 Å². The highest BCUT2D eigenvalue weighted by Gasteiger charge is 2.21. The van der Waals surface area contributed by atoms with Crippen molar-refractivity contribution in [2.24, 2.45) is 7.05 Å². The molecule has 0 amide bonds. The predicted octanol–water partition coefficient (Wildman–Crippen LogP) is 1.05. The van der Waals surface area contributed by atoms with Gasteiger partial charge < -0.3 is 0 Å².